The van der Waals surface area contributed by atoms with Crippen LogP contribution < -0.4 is 0 Å². The highest BCUT2D eigenvalue weighted by atomic mass is 16.5. The zero-order chi connectivity index (χ0) is 24.6. The summed E-state index contributed by atoms with van der Waals surface area (Å²) in [5.41, 5.74) is -0.163. The number of carbonyl (C=O) groups excluding carboxylic acids is 1. The van der Waals surface area contributed by atoms with Crippen molar-refractivity contribution in [2.45, 2.75) is 0 Å². The van der Waals surface area contributed by atoms with Crippen molar-refractivity contribution in [3.05, 3.63) is 107 Å². The van der Waals surface area contributed by atoms with Crippen LogP contribution in [0.25, 0.3) is 0 Å². The molecular weight excluding hydrogens is 432 g/mol. The lowest BCUT2D eigenvalue weighted by molar-refractivity contribution is 0.0426. The van der Waals surface area contributed by atoms with Gasteiger partial charge in [-0.2, -0.15) is 0 Å². The van der Waals surface area contributed by atoms with E-state index in [0.717, 1.165) is 6.07 Å². The molecule has 4 N–H and O–H groups in total. The van der Waals surface area contributed by atoms with Gasteiger partial charge in [-0.25, -0.2) is 19.2 Å². The zero-order valence-electron chi connectivity index (χ0n) is 17.3. The van der Waals surface area contributed by atoms with Gasteiger partial charge in [-0.15, -0.1) is 0 Å². The van der Waals surface area contributed by atoms with Gasteiger partial charge in [-0.05, 0) is 30.3 Å². The highest BCUT2D eigenvalue weighted by molar-refractivity contribution is 6.02. The largest absolute Gasteiger partial charge is 0.478 e. The highest BCUT2D eigenvalue weighted by Gasteiger charge is 2.16. The second kappa shape index (κ2) is 14.5. The third kappa shape index (κ3) is 9.90. The lowest BCUT2D eigenvalue weighted by Crippen LogP contribution is -2.13. The Morgan fingerprint density at radius 1 is 0.606 bits per heavy atom. The Kier molecular flexibility index (Phi) is 11.7. The average Bonchev–Trinajstić information content (AvgIpc) is 2.84. The van der Waals surface area contributed by atoms with Gasteiger partial charge >= 0.3 is 23.9 Å². The first kappa shape index (κ1) is 26.5. The summed E-state index contributed by atoms with van der Waals surface area (Å²) in [5, 5.41) is 34.2. The SMILES string of the molecule is O=C(O)c1cccc(C(=O)O)c1.O=C(O)c1ccccc1C(=O)OCCO.c1ccccc1. The highest BCUT2D eigenvalue weighted by Crippen LogP contribution is 2.10. The van der Waals surface area contributed by atoms with Gasteiger partial charge in [0.15, 0.2) is 0 Å². The number of carbonyl (C=O) groups is 4. The minimum absolute atomic E-state index is 0.0153. The van der Waals surface area contributed by atoms with E-state index in [9.17, 15) is 19.2 Å². The molecular formula is C24H22O9. The molecule has 0 fully saturated rings. The van der Waals surface area contributed by atoms with Crippen LogP contribution in [0.3, 0.4) is 0 Å². The van der Waals surface area contributed by atoms with Crippen molar-refractivity contribution in [3.63, 3.8) is 0 Å². The molecule has 0 bridgehead atoms. The minimum atomic E-state index is -1.19. The van der Waals surface area contributed by atoms with E-state index >= 15 is 0 Å². The van der Waals surface area contributed by atoms with E-state index in [2.05, 4.69) is 4.74 Å². The predicted octanol–water partition coefficient (Wildman–Crippen LogP) is 3.30. The molecule has 0 radical (unpaired) electrons. The number of aliphatic hydroxyl groups excluding tert-OH is 1. The first-order valence-electron chi connectivity index (χ1n) is 9.45. The number of benzene rings is 3. The molecule has 0 aliphatic carbocycles. The standard InChI is InChI=1S/C10H10O5.C8H6O4.C6H6/c11-5-6-15-10(14)8-4-2-1-3-7(8)9(12)13;9-7(10)5-2-1-3-6(4-5)8(11)12;1-2-4-6-5-3-1/h1-4,11H,5-6H2,(H,12,13);1-4H,(H,9,10)(H,11,12);1-6H. The molecule has 3 aromatic carbocycles. The van der Waals surface area contributed by atoms with Gasteiger partial charge in [0.25, 0.3) is 0 Å². The van der Waals surface area contributed by atoms with Crippen LogP contribution in [0.1, 0.15) is 41.4 Å². The van der Waals surface area contributed by atoms with Crippen molar-refractivity contribution < 1.29 is 44.3 Å². The van der Waals surface area contributed by atoms with Crippen molar-refractivity contribution in [1.82, 2.24) is 0 Å². The Hall–Kier alpha value is -4.50. The fraction of sp³-hybridized carbons (Fsp3) is 0.0833. The number of aromatic carboxylic acids is 3. The normalized spacial score (nSPS) is 9.24. The van der Waals surface area contributed by atoms with Crippen LogP contribution >= 0.6 is 0 Å². The number of aliphatic hydroxyl groups is 1. The summed E-state index contributed by atoms with van der Waals surface area (Å²) in [6, 6.07) is 22.9. The van der Waals surface area contributed by atoms with Crippen LogP contribution in [-0.2, 0) is 4.74 Å². The van der Waals surface area contributed by atoms with Crippen molar-refractivity contribution in [2.24, 2.45) is 0 Å². The molecule has 9 heteroatoms. The van der Waals surface area contributed by atoms with Crippen LogP contribution in [0.2, 0.25) is 0 Å². The Labute approximate surface area is 189 Å². The lowest BCUT2D eigenvalue weighted by atomic mass is 10.1. The van der Waals surface area contributed by atoms with E-state index in [0.29, 0.717) is 0 Å². The molecule has 0 aliphatic heterocycles. The molecule has 0 atom stereocenters. The molecule has 0 spiro atoms. The number of hydrogen-bond donors (Lipinski definition) is 4. The summed E-state index contributed by atoms with van der Waals surface area (Å²) >= 11 is 0. The van der Waals surface area contributed by atoms with E-state index in [1.54, 1.807) is 6.07 Å². The summed E-state index contributed by atoms with van der Waals surface area (Å²) < 4.78 is 4.62. The van der Waals surface area contributed by atoms with E-state index < -0.39 is 23.9 Å². The summed E-state index contributed by atoms with van der Waals surface area (Å²) in [4.78, 5) is 42.8. The average molecular weight is 454 g/mol. The maximum absolute atomic E-state index is 11.3. The molecule has 3 aromatic rings. The van der Waals surface area contributed by atoms with Crippen LogP contribution in [0, 0.1) is 0 Å². The molecule has 3 rings (SSSR count). The van der Waals surface area contributed by atoms with E-state index in [1.165, 1.54) is 36.4 Å². The van der Waals surface area contributed by atoms with Gasteiger partial charge in [0.2, 0.25) is 0 Å². The van der Waals surface area contributed by atoms with Crippen LogP contribution in [0.4, 0.5) is 0 Å². The summed E-state index contributed by atoms with van der Waals surface area (Å²) in [6.07, 6.45) is 0. The lowest BCUT2D eigenvalue weighted by Gasteiger charge is -2.05. The maximum Gasteiger partial charge on any atom is 0.339 e. The third-order valence-electron chi connectivity index (χ3n) is 3.72. The number of carboxylic acids is 3. The molecule has 172 valence electrons. The van der Waals surface area contributed by atoms with Gasteiger partial charge in [-0.3, -0.25) is 0 Å². The van der Waals surface area contributed by atoms with Crippen LogP contribution in [0.15, 0.2) is 84.9 Å². The predicted molar refractivity (Wildman–Crippen MR) is 118 cm³/mol. The Morgan fingerprint density at radius 2 is 1.06 bits per heavy atom. The minimum Gasteiger partial charge on any atom is -0.478 e. The zero-order valence-corrected chi connectivity index (χ0v) is 17.3. The van der Waals surface area contributed by atoms with Crippen LogP contribution in [-0.4, -0.2) is 57.5 Å². The monoisotopic (exact) mass is 454 g/mol. The quantitative estimate of drug-likeness (QED) is 0.410. The Morgan fingerprint density at radius 3 is 1.45 bits per heavy atom. The second-order valence-electron chi connectivity index (χ2n) is 6.06. The van der Waals surface area contributed by atoms with Crippen molar-refractivity contribution >= 4 is 23.9 Å². The number of hydrogen-bond acceptors (Lipinski definition) is 6. The summed E-state index contributed by atoms with van der Waals surface area (Å²) in [7, 11) is 0. The van der Waals surface area contributed by atoms with E-state index in [-0.39, 0.29) is 35.5 Å². The van der Waals surface area contributed by atoms with E-state index in [1.807, 2.05) is 36.4 Å². The molecule has 33 heavy (non-hydrogen) atoms. The Bertz CT molecular complexity index is 1010. The molecule has 0 amide bonds. The van der Waals surface area contributed by atoms with Gasteiger partial charge < -0.3 is 25.2 Å². The van der Waals surface area contributed by atoms with Crippen LogP contribution in [0.5, 0.6) is 0 Å². The van der Waals surface area contributed by atoms with Crippen molar-refractivity contribution in [1.29, 1.82) is 0 Å². The second-order valence-corrected chi connectivity index (χ2v) is 6.06. The van der Waals surface area contributed by atoms with E-state index in [4.69, 9.17) is 20.4 Å². The van der Waals surface area contributed by atoms with Gasteiger partial charge in [0.1, 0.15) is 6.61 Å². The first-order chi connectivity index (χ1) is 15.8. The summed E-state index contributed by atoms with van der Waals surface area (Å²) in [5.74, 6) is -4.19. The fourth-order valence-corrected chi connectivity index (χ4v) is 2.23. The Balaban J connectivity index is 0.000000268. The molecule has 0 saturated heterocycles. The first-order valence-corrected chi connectivity index (χ1v) is 9.45. The molecule has 0 aliphatic rings. The van der Waals surface area contributed by atoms with Gasteiger partial charge in [-0.1, -0.05) is 54.6 Å². The fourth-order valence-electron chi connectivity index (χ4n) is 2.23. The topological polar surface area (TPSA) is 158 Å². The molecule has 0 heterocycles. The maximum atomic E-state index is 11.3. The summed E-state index contributed by atoms with van der Waals surface area (Å²) in [6.45, 7) is -0.437. The number of esters is 1. The van der Waals surface area contributed by atoms with Crippen molar-refractivity contribution in [3.8, 4) is 0 Å². The molecule has 9 nitrogen and oxygen atoms in total. The molecule has 0 aromatic heterocycles. The van der Waals surface area contributed by atoms with Crippen molar-refractivity contribution in [2.75, 3.05) is 13.2 Å². The van der Waals surface area contributed by atoms with Gasteiger partial charge in [0.05, 0.1) is 28.9 Å². The van der Waals surface area contributed by atoms with Gasteiger partial charge in [0, 0.05) is 0 Å². The molecule has 0 unspecified atom stereocenters. The molecule has 0 saturated carbocycles. The number of ether oxygens (including phenoxy) is 1. The number of carboxylic acid groups (broad SMARTS) is 3. The number of rotatable bonds is 6. The third-order valence-corrected chi connectivity index (χ3v) is 3.72. The smallest absolute Gasteiger partial charge is 0.339 e.